The average Bonchev–Trinajstić information content (AvgIpc) is 2.60. The first-order valence-corrected chi connectivity index (χ1v) is 9.28. The van der Waals surface area contributed by atoms with Crippen LogP contribution >= 0.6 is 0 Å². The van der Waals surface area contributed by atoms with Gasteiger partial charge in [-0.05, 0) is 24.3 Å². The van der Waals surface area contributed by atoms with Gasteiger partial charge in [-0.1, -0.05) is 12.1 Å². The minimum absolute atomic E-state index is 0.287. The third-order valence-corrected chi connectivity index (χ3v) is 5.34. The zero-order chi connectivity index (χ0) is 17.9. The number of sulfone groups is 1. The van der Waals surface area contributed by atoms with Crippen molar-refractivity contribution in [3.05, 3.63) is 48.3 Å². The molecule has 0 fully saturated rings. The van der Waals surface area contributed by atoms with Gasteiger partial charge in [-0.15, -0.1) is 0 Å². The number of carbonyl (C=O) groups excluding carboxylic acids is 1. The van der Waals surface area contributed by atoms with Crippen molar-refractivity contribution in [1.29, 1.82) is 0 Å². The molecule has 0 saturated heterocycles. The van der Waals surface area contributed by atoms with Gasteiger partial charge >= 0.3 is 0 Å². The molecule has 0 saturated carbocycles. The van der Waals surface area contributed by atoms with Crippen LogP contribution in [0.15, 0.2) is 47.4 Å². The van der Waals surface area contributed by atoms with E-state index in [-0.39, 0.29) is 6.42 Å². The van der Waals surface area contributed by atoms with E-state index in [1.165, 1.54) is 18.2 Å². The summed E-state index contributed by atoms with van der Waals surface area (Å²) in [6.45, 7) is 0.887. The van der Waals surface area contributed by atoms with Crippen molar-refractivity contribution < 1.29 is 27.1 Å². The van der Waals surface area contributed by atoms with Gasteiger partial charge in [-0.25, -0.2) is 12.8 Å². The molecule has 25 heavy (non-hydrogen) atoms. The predicted octanol–water partition coefficient (Wildman–Crippen LogP) is 2.40. The summed E-state index contributed by atoms with van der Waals surface area (Å²) in [6.07, 6.45) is -0.287. The van der Waals surface area contributed by atoms with Crippen molar-refractivity contribution in [3.8, 4) is 11.5 Å². The number of nitrogens with one attached hydrogen (secondary N) is 1. The first kappa shape index (κ1) is 17.2. The Morgan fingerprint density at radius 3 is 2.56 bits per heavy atom. The summed E-state index contributed by atoms with van der Waals surface area (Å²) in [7, 11) is -3.87. The lowest BCUT2D eigenvalue weighted by Crippen LogP contribution is -2.19. The summed E-state index contributed by atoms with van der Waals surface area (Å²) in [5.41, 5.74) is 0.470. The number of fused-ring (bicyclic) bond motifs is 1. The molecular weight excluding hydrogens is 349 g/mol. The molecule has 0 atom stereocenters. The molecule has 8 heteroatoms. The number of hydrogen-bond acceptors (Lipinski definition) is 5. The summed E-state index contributed by atoms with van der Waals surface area (Å²) in [5.74, 6) is -0.689. The lowest BCUT2D eigenvalue weighted by atomic mass is 10.2. The highest BCUT2D eigenvalue weighted by molar-refractivity contribution is 7.91. The molecule has 0 radical (unpaired) electrons. The van der Waals surface area contributed by atoms with Crippen molar-refractivity contribution in [2.75, 3.05) is 24.3 Å². The van der Waals surface area contributed by atoms with Crippen LogP contribution in [0, 0.1) is 5.82 Å². The minimum atomic E-state index is -3.87. The number of amides is 1. The fraction of sp³-hybridized carbons (Fsp3) is 0.235. The number of hydrogen-bond donors (Lipinski definition) is 1. The molecule has 1 aliphatic heterocycles. The molecule has 1 heterocycles. The maximum atomic E-state index is 13.6. The van der Waals surface area contributed by atoms with Gasteiger partial charge in [0.2, 0.25) is 5.91 Å². The van der Waals surface area contributed by atoms with Gasteiger partial charge in [0, 0.05) is 18.2 Å². The van der Waals surface area contributed by atoms with E-state index in [4.69, 9.17) is 9.47 Å². The Hall–Kier alpha value is -2.61. The first-order chi connectivity index (χ1) is 12.0. The molecule has 1 aliphatic rings. The van der Waals surface area contributed by atoms with Crippen molar-refractivity contribution in [2.24, 2.45) is 0 Å². The maximum absolute atomic E-state index is 13.6. The molecule has 2 aromatic rings. The third kappa shape index (κ3) is 4.08. The van der Waals surface area contributed by atoms with Crippen LogP contribution in [0.5, 0.6) is 11.5 Å². The molecule has 3 rings (SSSR count). The van der Waals surface area contributed by atoms with Crippen LogP contribution in [-0.2, 0) is 14.6 Å². The van der Waals surface area contributed by atoms with E-state index < -0.39 is 32.2 Å². The zero-order valence-electron chi connectivity index (χ0n) is 13.2. The standard InChI is InChI=1S/C17H16FNO5S/c18-13-3-1-2-4-16(13)25(21,22)10-7-17(20)19-12-5-6-14-15(11-12)24-9-8-23-14/h1-6,11H,7-10H2,(H,19,20). The van der Waals surface area contributed by atoms with Gasteiger partial charge in [0.05, 0.1) is 5.75 Å². The highest BCUT2D eigenvalue weighted by Gasteiger charge is 2.20. The largest absolute Gasteiger partial charge is 0.486 e. The van der Waals surface area contributed by atoms with Crippen LogP contribution in [0.25, 0.3) is 0 Å². The lowest BCUT2D eigenvalue weighted by molar-refractivity contribution is -0.115. The molecule has 6 nitrogen and oxygen atoms in total. The van der Waals surface area contributed by atoms with Crippen molar-refractivity contribution >= 4 is 21.4 Å². The highest BCUT2D eigenvalue weighted by atomic mass is 32.2. The van der Waals surface area contributed by atoms with Gasteiger partial charge in [0.15, 0.2) is 21.3 Å². The topological polar surface area (TPSA) is 81.7 Å². The van der Waals surface area contributed by atoms with Crippen LogP contribution < -0.4 is 14.8 Å². The number of anilines is 1. The Morgan fingerprint density at radius 1 is 1.08 bits per heavy atom. The van der Waals surface area contributed by atoms with E-state index >= 15 is 0 Å². The Labute approximate surface area is 144 Å². The number of rotatable bonds is 5. The molecule has 1 amide bonds. The number of carbonyl (C=O) groups is 1. The van der Waals surface area contributed by atoms with Gasteiger partial charge < -0.3 is 14.8 Å². The van der Waals surface area contributed by atoms with E-state index in [1.54, 1.807) is 18.2 Å². The predicted molar refractivity (Wildman–Crippen MR) is 89.1 cm³/mol. The smallest absolute Gasteiger partial charge is 0.225 e. The summed E-state index contributed by atoms with van der Waals surface area (Å²) in [4.78, 5) is 11.6. The molecule has 0 bridgehead atoms. The first-order valence-electron chi connectivity index (χ1n) is 7.62. The SMILES string of the molecule is O=C(CCS(=O)(=O)c1ccccc1F)Nc1ccc2c(c1)OCCO2. The molecule has 0 spiro atoms. The van der Waals surface area contributed by atoms with Crippen molar-refractivity contribution in [1.82, 2.24) is 0 Å². The van der Waals surface area contributed by atoms with Gasteiger partial charge in [0.25, 0.3) is 0 Å². The third-order valence-electron chi connectivity index (χ3n) is 3.60. The highest BCUT2D eigenvalue weighted by Crippen LogP contribution is 2.32. The Kier molecular flexibility index (Phi) is 4.89. The summed E-state index contributed by atoms with van der Waals surface area (Å²) < 4.78 is 48.7. The average molecular weight is 365 g/mol. The monoisotopic (exact) mass is 365 g/mol. The van der Waals surface area contributed by atoms with Crippen LogP contribution in [0.3, 0.4) is 0 Å². The normalized spacial score (nSPS) is 13.3. The Bertz CT molecular complexity index is 898. The quantitative estimate of drug-likeness (QED) is 0.880. The molecule has 0 aliphatic carbocycles. The fourth-order valence-corrected chi connectivity index (χ4v) is 3.70. The molecule has 0 aromatic heterocycles. The second-order valence-electron chi connectivity index (χ2n) is 5.41. The second kappa shape index (κ2) is 7.10. The summed E-state index contributed by atoms with van der Waals surface area (Å²) >= 11 is 0. The fourth-order valence-electron chi connectivity index (χ4n) is 2.38. The van der Waals surface area contributed by atoms with E-state index in [0.29, 0.717) is 30.4 Å². The van der Waals surface area contributed by atoms with E-state index in [9.17, 15) is 17.6 Å². The van der Waals surface area contributed by atoms with E-state index in [1.807, 2.05) is 0 Å². The maximum Gasteiger partial charge on any atom is 0.225 e. The summed E-state index contributed by atoms with van der Waals surface area (Å²) in [6, 6.07) is 10.0. The molecule has 0 unspecified atom stereocenters. The van der Waals surface area contributed by atoms with Gasteiger partial charge in [0.1, 0.15) is 23.9 Å². The van der Waals surface area contributed by atoms with Gasteiger partial charge in [-0.2, -0.15) is 0 Å². The van der Waals surface area contributed by atoms with Crippen molar-refractivity contribution in [2.45, 2.75) is 11.3 Å². The summed E-state index contributed by atoms with van der Waals surface area (Å²) in [5, 5.41) is 2.60. The zero-order valence-corrected chi connectivity index (χ0v) is 14.0. The Balaban J connectivity index is 1.62. The van der Waals surface area contributed by atoms with Crippen molar-refractivity contribution in [3.63, 3.8) is 0 Å². The van der Waals surface area contributed by atoms with E-state index in [2.05, 4.69) is 5.32 Å². The lowest BCUT2D eigenvalue weighted by Gasteiger charge is -2.19. The Morgan fingerprint density at radius 2 is 1.80 bits per heavy atom. The number of halogens is 1. The molecule has 2 aromatic carbocycles. The molecular formula is C17H16FNO5S. The van der Waals surface area contributed by atoms with Crippen LogP contribution in [-0.4, -0.2) is 33.3 Å². The van der Waals surface area contributed by atoms with E-state index in [0.717, 1.165) is 6.07 Å². The molecule has 1 N–H and O–H groups in total. The number of benzene rings is 2. The number of ether oxygens (including phenoxy) is 2. The van der Waals surface area contributed by atoms with Gasteiger partial charge in [-0.3, -0.25) is 4.79 Å². The van der Waals surface area contributed by atoms with Crippen LogP contribution in [0.2, 0.25) is 0 Å². The second-order valence-corrected chi connectivity index (χ2v) is 7.48. The molecule has 132 valence electrons. The van der Waals surface area contributed by atoms with Crippen LogP contribution in [0.1, 0.15) is 6.42 Å². The van der Waals surface area contributed by atoms with Crippen LogP contribution in [0.4, 0.5) is 10.1 Å². The minimum Gasteiger partial charge on any atom is -0.486 e.